The molecule has 0 amide bonds. The molecule has 0 saturated carbocycles. The summed E-state index contributed by atoms with van der Waals surface area (Å²) in [6.45, 7) is 2.34. The van der Waals surface area contributed by atoms with Crippen molar-refractivity contribution in [2.75, 3.05) is 18.0 Å². The summed E-state index contributed by atoms with van der Waals surface area (Å²) in [5.41, 5.74) is 1.04. The van der Waals surface area contributed by atoms with Crippen molar-refractivity contribution >= 4 is 17.1 Å². The summed E-state index contributed by atoms with van der Waals surface area (Å²) in [6.07, 6.45) is 3.46. The van der Waals surface area contributed by atoms with Crippen molar-refractivity contribution < 1.29 is 0 Å². The fraction of sp³-hybridized carbons (Fsp3) is 0.429. The predicted molar refractivity (Wildman–Crippen MR) is 111 cm³/mol. The van der Waals surface area contributed by atoms with E-state index in [0.29, 0.717) is 17.7 Å². The lowest BCUT2D eigenvalue weighted by Gasteiger charge is -2.28. The molecule has 1 saturated heterocycles. The van der Waals surface area contributed by atoms with Gasteiger partial charge in [-0.1, -0.05) is 30.3 Å². The summed E-state index contributed by atoms with van der Waals surface area (Å²) in [6, 6.07) is 11.9. The van der Waals surface area contributed by atoms with Crippen molar-refractivity contribution in [3.05, 3.63) is 56.7 Å². The molecule has 0 N–H and O–H groups in total. The molecule has 0 bridgehead atoms. The maximum absolute atomic E-state index is 13.3. The Bertz CT molecular complexity index is 1180. The molecule has 3 aromatic rings. The number of hydrogen-bond acceptors (Lipinski definition) is 5. The van der Waals surface area contributed by atoms with Gasteiger partial charge in [0.05, 0.1) is 19.0 Å². The Morgan fingerprint density at radius 1 is 1.07 bits per heavy atom. The Kier molecular flexibility index (Phi) is 5.21. The summed E-state index contributed by atoms with van der Waals surface area (Å²) in [5.74, 6) is 0.730. The second kappa shape index (κ2) is 7.95. The molecular formula is C21H24N6O2. The third kappa shape index (κ3) is 3.44. The molecule has 0 atom stereocenters. The highest BCUT2D eigenvalue weighted by atomic mass is 16.2. The highest BCUT2D eigenvalue weighted by molar-refractivity contribution is 5.75. The molecular weight excluding hydrogens is 368 g/mol. The molecule has 4 rings (SSSR count). The van der Waals surface area contributed by atoms with Crippen LogP contribution >= 0.6 is 0 Å². The van der Waals surface area contributed by atoms with Crippen LogP contribution in [0.1, 0.15) is 31.2 Å². The largest absolute Gasteiger partial charge is 0.342 e. The number of nitrogens with zero attached hydrogens (tertiary/aromatic N) is 6. The van der Waals surface area contributed by atoms with Gasteiger partial charge < -0.3 is 4.90 Å². The monoisotopic (exact) mass is 392 g/mol. The Balaban J connectivity index is 1.96. The van der Waals surface area contributed by atoms with E-state index in [1.54, 1.807) is 7.05 Å². The van der Waals surface area contributed by atoms with E-state index < -0.39 is 5.69 Å². The zero-order valence-electron chi connectivity index (χ0n) is 16.5. The van der Waals surface area contributed by atoms with Gasteiger partial charge in [0, 0.05) is 26.7 Å². The van der Waals surface area contributed by atoms with Crippen LogP contribution in [0.4, 0.5) is 5.95 Å². The van der Waals surface area contributed by atoms with Crippen molar-refractivity contribution in [2.45, 2.75) is 38.8 Å². The first-order chi connectivity index (χ1) is 14.1. The van der Waals surface area contributed by atoms with Gasteiger partial charge >= 0.3 is 5.69 Å². The molecule has 1 aromatic carbocycles. The molecule has 0 aliphatic carbocycles. The number of aromatic nitrogens is 4. The lowest BCUT2D eigenvalue weighted by atomic mass is 10.1. The number of nitriles is 1. The van der Waals surface area contributed by atoms with Crippen LogP contribution in [0.5, 0.6) is 0 Å². The van der Waals surface area contributed by atoms with Crippen LogP contribution in [0.2, 0.25) is 0 Å². The smallest absolute Gasteiger partial charge is 0.332 e. The van der Waals surface area contributed by atoms with Crippen molar-refractivity contribution in [3.8, 4) is 6.07 Å². The van der Waals surface area contributed by atoms with Gasteiger partial charge in [-0.25, -0.2) is 4.79 Å². The first kappa shape index (κ1) is 19.0. The lowest BCUT2D eigenvalue weighted by Crippen LogP contribution is -2.39. The number of imidazole rings is 1. The molecule has 0 spiro atoms. The first-order valence-corrected chi connectivity index (χ1v) is 9.97. The minimum Gasteiger partial charge on any atom is -0.342 e. The van der Waals surface area contributed by atoms with E-state index in [2.05, 4.69) is 4.90 Å². The number of hydrogen-bond donors (Lipinski definition) is 0. The number of benzene rings is 1. The van der Waals surface area contributed by atoms with Gasteiger partial charge in [-0.05, 0) is 24.8 Å². The highest BCUT2D eigenvalue weighted by Crippen LogP contribution is 2.24. The second-order valence-corrected chi connectivity index (χ2v) is 7.41. The molecule has 29 heavy (non-hydrogen) atoms. The van der Waals surface area contributed by atoms with Crippen LogP contribution in [-0.4, -0.2) is 31.8 Å². The predicted octanol–water partition coefficient (Wildman–Crippen LogP) is 1.85. The fourth-order valence-electron chi connectivity index (χ4n) is 3.97. The van der Waals surface area contributed by atoms with E-state index in [4.69, 9.17) is 10.2 Å². The van der Waals surface area contributed by atoms with Crippen LogP contribution < -0.4 is 16.1 Å². The van der Waals surface area contributed by atoms with Gasteiger partial charge in [-0.15, -0.1) is 0 Å². The SMILES string of the molecule is Cn1c(=O)n(CCC#N)c(=O)c2c1nc(N1CCCCC1)n2Cc1ccccc1. The summed E-state index contributed by atoms with van der Waals surface area (Å²) >= 11 is 0. The van der Waals surface area contributed by atoms with Crippen molar-refractivity contribution in [2.24, 2.45) is 7.05 Å². The number of aryl methyl sites for hydroxylation is 1. The Labute approximate surface area is 168 Å². The van der Waals surface area contributed by atoms with Crippen molar-refractivity contribution in [3.63, 3.8) is 0 Å². The minimum atomic E-state index is -0.438. The average Bonchev–Trinajstić information content (AvgIpc) is 3.13. The third-order valence-corrected chi connectivity index (χ3v) is 5.48. The van der Waals surface area contributed by atoms with Gasteiger partial charge in [0.15, 0.2) is 11.2 Å². The molecule has 1 fully saturated rings. The highest BCUT2D eigenvalue weighted by Gasteiger charge is 2.24. The van der Waals surface area contributed by atoms with E-state index in [-0.39, 0.29) is 18.5 Å². The number of rotatable bonds is 5. The van der Waals surface area contributed by atoms with Crippen LogP contribution in [-0.2, 0) is 20.1 Å². The Hall–Kier alpha value is -3.34. The summed E-state index contributed by atoms with van der Waals surface area (Å²) < 4.78 is 4.50. The summed E-state index contributed by atoms with van der Waals surface area (Å²) in [7, 11) is 1.63. The minimum absolute atomic E-state index is 0.0769. The second-order valence-electron chi connectivity index (χ2n) is 7.41. The van der Waals surface area contributed by atoms with Gasteiger partial charge in [0.1, 0.15) is 0 Å². The third-order valence-electron chi connectivity index (χ3n) is 5.48. The van der Waals surface area contributed by atoms with Gasteiger partial charge in [-0.3, -0.25) is 18.5 Å². The molecule has 0 radical (unpaired) electrons. The Morgan fingerprint density at radius 3 is 2.48 bits per heavy atom. The van der Waals surface area contributed by atoms with Crippen LogP contribution in [0.25, 0.3) is 11.2 Å². The maximum atomic E-state index is 13.3. The zero-order chi connectivity index (χ0) is 20.4. The van der Waals surface area contributed by atoms with Crippen LogP contribution in [0.15, 0.2) is 39.9 Å². The lowest BCUT2D eigenvalue weighted by molar-refractivity contribution is 0.560. The van der Waals surface area contributed by atoms with Crippen molar-refractivity contribution in [1.82, 2.24) is 18.7 Å². The van der Waals surface area contributed by atoms with E-state index in [9.17, 15) is 9.59 Å². The number of piperidine rings is 1. The summed E-state index contributed by atoms with van der Waals surface area (Å²) in [5, 5.41) is 8.92. The molecule has 8 heteroatoms. The number of fused-ring (bicyclic) bond motifs is 1. The Morgan fingerprint density at radius 2 is 1.79 bits per heavy atom. The molecule has 1 aliphatic rings. The van der Waals surface area contributed by atoms with Gasteiger partial charge in [-0.2, -0.15) is 10.2 Å². The van der Waals surface area contributed by atoms with Crippen LogP contribution in [0, 0.1) is 11.3 Å². The molecule has 2 aromatic heterocycles. The van der Waals surface area contributed by atoms with Gasteiger partial charge in [0.2, 0.25) is 5.95 Å². The molecule has 8 nitrogen and oxygen atoms in total. The normalized spacial score (nSPS) is 14.3. The zero-order valence-corrected chi connectivity index (χ0v) is 16.5. The quantitative estimate of drug-likeness (QED) is 0.661. The van der Waals surface area contributed by atoms with E-state index >= 15 is 0 Å². The van der Waals surface area contributed by atoms with Gasteiger partial charge in [0.25, 0.3) is 5.56 Å². The molecule has 0 unspecified atom stereocenters. The first-order valence-electron chi connectivity index (χ1n) is 9.97. The molecule has 1 aliphatic heterocycles. The number of anilines is 1. The average molecular weight is 392 g/mol. The standard InChI is InChI=1S/C21H24N6O2/c1-24-18-17(19(28)26(21(24)29)14-8-11-22)27(15-16-9-4-2-5-10-16)20(23-18)25-12-6-3-7-13-25/h2,4-5,9-10H,3,6-8,12-15H2,1H3. The summed E-state index contributed by atoms with van der Waals surface area (Å²) in [4.78, 5) is 32.9. The van der Waals surface area contributed by atoms with E-state index in [1.807, 2.05) is 41.0 Å². The van der Waals surface area contributed by atoms with Crippen LogP contribution in [0.3, 0.4) is 0 Å². The van der Waals surface area contributed by atoms with E-state index in [0.717, 1.165) is 42.0 Å². The molecule has 150 valence electrons. The van der Waals surface area contributed by atoms with E-state index in [1.165, 1.54) is 11.0 Å². The maximum Gasteiger partial charge on any atom is 0.332 e. The molecule has 3 heterocycles. The fourth-order valence-corrected chi connectivity index (χ4v) is 3.97. The topological polar surface area (TPSA) is 88.8 Å². The van der Waals surface area contributed by atoms with Crippen molar-refractivity contribution in [1.29, 1.82) is 5.26 Å².